The molecule has 1 fully saturated rings. The van der Waals surface area contributed by atoms with Crippen LogP contribution in [0.4, 0.5) is 17.2 Å². The zero-order valence-corrected chi connectivity index (χ0v) is 18.9. The fraction of sp³-hybridized carbons (Fsp3) is 0.348. The van der Waals surface area contributed by atoms with Crippen LogP contribution in [0.25, 0.3) is 10.2 Å². The van der Waals surface area contributed by atoms with E-state index >= 15 is 0 Å². The second-order valence-electron chi connectivity index (χ2n) is 8.37. The van der Waals surface area contributed by atoms with Gasteiger partial charge < -0.3 is 26.1 Å². The van der Waals surface area contributed by atoms with Gasteiger partial charge in [-0.3, -0.25) is 4.79 Å². The summed E-state index contributed by atoms with van der Waals surface area (Å²) in [5.74, 6) is 1.30. The van der Waals surface area contributed by atoms with Crippen LogP contribution < -0.4 is 15.8 Å². The molecule has 1 saturated heterocycles. The molecule has 3 aromatic rings. The summed E-state index contributed by atoms with van der Waals surface area (Å²) in [6, 6.07) is 5.68. The van der Waals surface area contributed by atoms with Gasteiger partial charge in [-0.05, 0) is 30.9 Å². The number of nitrogens with two attached hydrogens (primary N) is 1. The predicted molar refractivity (Wildman–Crippen MR) is 127 cm³/mol. The smallest absolute Gasteiger partial charge is 0.226 e. The van der Waals surface area contributed by atoms with Crippen LogP contribution in [0.1, 0.15) is 22.4 Å². The maximum absolute atomic E-state index is 12.9. The number of hydrogen-bond acceptors (Lipinski definition) is 9. The van der Waals surface area contributed by atoms with Crippen molar-refractivity contribution in [2.75, 3.05) is 31.2 Å². The lowest BCUT2D eigenvalue weighted by atomic mass is 9.85. The molecule has 1 unspecified atom stereocenters. The van der Waals surface area contributed by atoms with Gasteiger partial charge in [-0.1, -0.05) is 0 Å². The normalized spacial score (nSPS) is 17.7. The van der Waals surface area contributed by atoms with Crippen LogP contribution in [-0.2, 0) is 17.6 Å². The minimum Gasteiger partial charge on any atom is -0.494 e. The molecule has 10 heteroatoms. The van der Waals surface area contributed by atoms with E-state index in [-0.39, 0.29) is 17.7 Å². The number of aromatic nitrogens is 2. The number of hydrogen-bond donors (Lipinski definition) is 3. The number of nitrogens with one attached hydrogen (secondary N) is 2. The Balaban J connectivity index is 1.45. The average Bonchev–Trinajstić information content (AvgIpc) is 3.17. The van der Waals surface area contributed by atoms with Crippen molar-refractivity contribution >= 4 is 50.9 Å². The van der Waals surface area contributed by atoms with Gasteiger partial charge in [0.25, 0.3) is 0 Å². The molecule has 1 aromatic carbocycles. The Morgan fingerprint density at radius 3 is 2.97 bits per heavy atom. The molecule has 2 aliphatic rings. The molecule has 1 aliphatic heterocycles. The van der Waals surface area contributed by atoms with E-state index in [0.29, 0.717) is 48.0 Å². The van der Waals surface area contributed by atoms with Gasteiger partial charge in [0.2, 0.25) is 5.91 Å². The summed E-state index contributed by atoms with van der Waals surface area (Å²) in [5.41, 5.74) is 8.89. The molecule has 0 radical (unpaired) electrons. The Kier molecular flexibility index (Phi) is 5.34. The van der Waals surface area contributed by atoms with Crippen LogP contribution in [0, 0.1) is 28.6 Å². The molecule has 1 atom stereocenters. The maximum Gasteiger partial charge on any atom is 0.226 e. The van der Waals surface area contributed by atoms with E-state index in [4.69, 9.17) is 21.1 Å². The molecule has 9 nitrogen and oxygen atoms in total. The molecule has 4 N–H and O–H groups in total. The Bertz CT molecular complexity index is 1310. The Morgan fingerprint density at radius 2 is 2.24 bits per heavy atom. The summed E-state index contributed by atoms with van der Waals surface area (Å²) < 4.78 is 5.48. The number of fused-ring (bicyclic) bond motifs is 3. The number of carbonyl (C=O) groups excluding carboxylic acids is 1. The van der Waals surface area contributed by atoms with Gasteiger partial charge in [-0.15, -0.1) is 11.3 Å². The number of likely N-dealkylation sites (tertiary alicyclic amines) is 1. The highest BCUT2D eigenvalue weighted by molar-refractivity contribution is 7.19. The van der Waals surface area contributed by atoms with E-state index in [0.717, 1.165) is 23.1 Å². The number of aryl methyl sites for hydroxylation is 1. The second kappa shape index (κ2) is 8.33. The average molecular weight is 462 g/mol. The summed E-state index contributed by atoms with van der Waals surface area (Å²) in [7, 11) is 1.57. The zero-order chi connectivity index (χ0) is 23.1. The first-order valence-electron chi connectivity index (χ1n) is 10.7. The largest absolute Gasteiger partial charge is 0.494 e. The number of rotatable bonds is 5. The van der Waals surface area contributed by atoms with Crippen LogP contribution >= 0.6 is 11.3 Å². The molecule has 3 heterocycles. The summed E-state index contributed by atoms with van der Waals surface area (Å²) in [4.78, 5) is 25.7. The van der Waals surface area contributed by atoms with Gasteiger partial charge in [0.05, 0.1) is 30.2 Å². The lowest BCUT2D eigenvalue weighted by molar-refractivity contribution is -0.141. The Morgan fingerprint density at radius 1 is 1.42 bits per heavy atom. The minimum absolute atomic E-state index is 0.0279. The minimum atomic E-state index is -0.0538. The Labute approximate surface area is 194 Å². The van der Waals surface area contributed by atoms with E-state index in [1.807, 2.05) is 0 Å². The van der Waals surface area contributed by atoms with Crippen molar-refractivity contribution in [3.05, 3.63) is 34.5 Å². The van der Waals surface area contributed by atoms with Crippen molar-refractivity contribution in [3.63, 3.8) is 0 Å². The molecule has 1 aliphatic carbocycles. The van der Waals surface area contributed by atoms with E-state index < -0.39 is 0 Å². The predicted octanol–water partition coefficient (Wildman–Crippen LogP) is 3.11. The van der Waals surface area contributed by atoms with Crippen molar-refractivity contribution < 1.29 is 9.53 Å². The third-order valence-electron chi connectivity index (χ3n) is 6.38. The quantitative estimate of drug-likeness (QED) is 0.391. The summed E-state index contributed by atoms with van der Waals surface area (Å²) in [5, 5.41) is 20.9. The number of carbonyl (C=O) groups is 1. The molecule has 168 valence electrons. The fourth-order valence-electron chi connectivity index (χ4n) is 4.55. The van der Waals surface area contributed by atoms with Crippen molar-refractivity contribution in [1.82, 2.24) is 14.9 Å². The Hall–Kier alpha value is -3.71. The lowest BCUT2D eigenvalue weighted by Crippen LogP contribution is -2.52. The molecule has 1 amide bonds. The van der Waals surface area contributed by atoms with Gasteiger partial charge >= 0.3 is 0 Å². The maximum atomic E-state index is 12.9. The van der Waals surface area contributed by atoms with Crippen LogP contribution in [0.2, 0.25) is 0 Å². The van der Waals surface area contributed by atoms with E-state index in [1.165, 1.54) is 23.0 Å². The molecular formula is C23H23N7O2S. The lowest BCUT2D eigenvalue weighted by Gasteiger charge is -2.38. The highest BCUT2D eigenvalue weighted by Gasteiger charge is 2.37. The highest BCUT2D eigenvalue weighted by Crippen LogP contribution is 2.42. The number of ether oxygens (including phenoxy) is 1. The first-order valence-corrected chi connectivity index (χ1v) is 11.5. The van der Waals surface area contributed by atoms with Gasteiger partial charge in [0.15, 0.2) is 0 Å². The monoisotopic (exact) mass is 461 g/mol. The number of nitrogen functional groups attached to an aromatic ring is 1. The topological polar surface area (TPSA) is 141 Å². The van der Waals surface area contributed by atoms with E-state index in [1.54, 1.807) is 35.5 Å². The SMILES string of the molecule is COc1cc(N)c(C=N)cc1Nc1ncnc2sc3c(c12)CCC(C(=O)N1CC(C#N)C1)C3. The fourth-order valence-corrected chi connectivity index (χ4v) is 5.81. The van der Waals surface area contributed by atoms with Crippen LogP contribution in [0.15, 0.2) is 18.5 Å². The van der Waals surface area contributed by atoms with Gasteiger partial charge in [0, 0.05) is 47.4 Å². The number of amides is 1. The number of nitriles is 1. The second-order valence-corrected chi connectivity index (χ2v) is 9.45. The van der Waals surface area contributed by atoms with Gasteiger partial charge in [-0.2, -0.15) is 5.26 Å². The standard InChI is InChI=1S/C23H23N7O2S/c1-32-18-6-16(26)14(8-25)4-17(18)29-21-20-15-3-2-13(23(31)30-9-12(7-24)10-30)5-19(15)33-22(20)28-11-27-21/h4,6,8,11-13,25H,2-3,5,9-10,26H2,1H3,(H,27,28,29). The number of nitrogens with zero attached hydrogens (tertiary/aromatic N) is 4. The third kappa shape index (κ3) is 3.64. The van der Waals surface area contributed by atoms with Crippen molar-refractivity contribution in [2.24, 2.45) is 11.8 Å². The first-order chi connectivity index (χ1) is 16.0. The number of methoxy groups -OCH3 is 1. The number of anilines is 3. The van der Waals surface area contributed by atoms with Crippen molar-refractivity contribution in [2.45, 2.75) is 19.3 Å². The third-order valence-corrected chi connectivity index (χ3v) is 7.55. The zero-order valence-electron chi connectivity index (χ0n) is 18.1. The summed E-state index contributed by atoms with van der Waals surface area (Å²) >= 11 is 1.61. The molecule has 0 spiro atoms. The first kappa shape index (κ1) is 21.2. The highest BCUT2D eigenvalue weighted by atomic mass is 32.1. The van der Waals surface area contributed by atoms with Crippen molar-refractivity contribution in [1.29, 1.82) is 10.7 Å². The van der Waals surface area contributed by atoms with Crippen molar-refractivity contribution in [3.8, 4) is 11.8 Å². The molecule has 33 heavy (non-hydrogen) atoms. The van der Waals surface area contributed by atoms with Gasteiger partial charge in [-0.25, -0.2) is 9.97 Å². The summed E-state index contributed by atoms with van der Waals surface area (Å²) in [6.45, 7) is 1.09. The molecule has 2 aromatic heterocycles. The molecule has 5 rings (SSSR count). The van der Waals surface area contributed by atoms with Crippen LogP contribution in [0.3, 0.4) is 0 Å². The number of thiophene rings is 1. The number of benzene rings is 1. The van der Waals surface area contributed by atoms with Gasteiger partial charge in [0.1, 0.15) is 22.7 Å². The van der Waals surface area contributed by atoms with Crippen LogP contribution in [-0.4, -0.2) is 47.2 Å². The molecule has 0 bridgehead atoms. The molecular weight excluding hydrogens is 438 g/mol. The molecule has 0 saturated carbocycles. The summed E-state index contributed by atoms with van der Waals surface area (Å²) in [6.07, 6.45) is 4.96. The van der Waals surface area contributed by atoms with Crippen LogP contribution in [0.5, 0.6) is 5.75 Å². The van der Waals surface area contributed by atoms with E-state index in [9.17, 15) is 4.79 Å². The van der Waals surface area contributed by atoms with E-state index in [2.05, 4.69) is 21.4 Å².